The lowest BCUT2D eigenvalue weighted by Gasteiger charge is -2.15. The summed E-state index contributed by atoms with van der Waals surface area (Å²) in [5, 5.41) is -0.724. The van der Waals surface area contributed by atoms with Crippen molar-refractivity contribution in [2.24, 2.45) is 0 Å². The van der Waals surface area contributed by atoms with E-state index in [1.54, 1.807) is 0 Å². The number of aromatic nitrogens is 2. The number of fused-ring (bicyclic) bond motifs is 1. The van der Waals surface area contributed by atoms with E-state index in [0.29, 0.717) is 0 Å². The molecule has 0 bridgehead atoms. The summed E-state index contributed by atoms with van der Waals surface area (Å²) in [6.45, 7) is 0. The molecule has 3 N–H and O–H groups in total. The van der Waals surface area contributed by atoms with Crippen LogP contribution < -0.4 is 10.9 Å². The van der Waals surface area contributed by atoms with Gasteiger partial charge in [0.1, 0.15) is 5.30 Å². The van der Waals surface area contributed by atoms with E-state index >= 15 is 0 Å². The van der Waals surface area contributed by atoms with Crippen molar-refractivity contribution < 1.29 is 27.5 Å². The molecule has 0 unspecified atom stereocenters. The quantitative estimate of drug-likeness (QED) is 0.612. The van der Waals surface area contributed by atoms with Crippen molar-refractivity contribution in [3.05, 3.63) is 58.6 Å². The molecule has 0 fully saturated rings. The Balaban J connectivity index is 2.39. The molecule has 0 aliphatic heterocycles. The van der Waals surface area contributed by atoms with Crippen molar-refractivity contribution in [1.82, 2.24) is 9.55 Å². The maximum atomic E-state index is 13.3. The monoisotopic (exact) mass is 358 g/mol. The van der Waals surface area contributed by atoms with Crippen LogP contribution >= 0.6 is 7.60 Å². The minimum Gasteiger partial charge on any atom is -0.323 e. The summed E-state index contributed by atoms with van der Waals surface area (Å²) in [7, 11) is -4.85. The highest BCUT2D eigenvalue weighted by Gasteiger charge is 2.35. The van der Waals surface area contributed by atoms with E-state index in [4.69, 9.17) is 0 Å². The number of nitrogens with one attached hydrogen (secondary N) is 1. The minimum absolute atomic E-state index is 0.0737. The van der Waals surface area contributed by atoms with Gasteiger partial charge in [-0.2, -0.15) is 13.2 Å². The number of benzene rings is 1. The van der Waals surface area contributed by atoms with Gasteiger partial charge in [-0.05, 0) is 30.3 Å². The first-order valence-electron chi connectivity index (χ1n) is 6.55. The van der Waals surface area contributed by atoms with Gasteiger partial charge < -0.3 is 19.3 Å². The number of halogens is 3. The lowest BCUT2D eigenvalue weighted by Crippen LogP contribution is -2.27. The fourth-order valence-electron chi connectivity index (χ4n) is 2.38. The summed E-state index contributed by atoms with van der Waals surface area (Å²) >= 11 is 0. The van der Waals surface area contributed by atoms with Gasteiger partial charge in [-0.25, -0.2) is 0 Å². The van der Waals surface area contributed by atoms with Crippen LogP contribution in [0, 0.1) is 0 Å². The van der Waals surface area contributed by atoms with Crippen LogP contribution in [0.4, 0.5) is 13.2 Å². The van der Waals surface area contributed by atoms with Gasteiger partial charge in [0.05, 0.1) is 11.3 Å². The van der Waals surface area contributed by atoms with E-state index in [2.05, 4.69) is 4.98 Å². The first kappa shape index (κ1) is 16.5. The Kier molecular flexibility index (Phi) is 3.67. The van der Waals surface area contributed by atoms with Crippen LogP contribution in [-0.4, -0.2) is 19.3 Å². The second kappa shape index (κ2) is 5.34. The van der Waals surface area contributed by atoms with E-state index in [9.17, 15) is 32.3 Å². The zero-order valence-corrected chi connectivity index (χ0v) is 12.7. The van der Waals surface area contributed by atoms with Crippen molar-refractivity contribution in [1.29, 1.82) is 0 Å². The Bertz CT molecular complexity index is 1020. The van der Waals surface area contributed by atoms with Crippen LogP contribution in [0.1, 0.15) is 5.56 Å². The third-order valence-corrected chi connectivity index (χ3v) is 4.40. The Morgan fingerprint density at radius 3 is 2.25 bits per heavy atom. The zero-order valence-electron chi connectivity index (χ0n) is 11.8. The Labute approximate surface area is 132 Å². The zero-order chi connectivity index (χ0) is 17.7. The topological polar surface area (TPSA) is 95.3 Å². The van der Waals surface area contributed by atoms with Crippen molar-refractivity contribution in [2.45, 2.75) is 6.18 Å². The van der Waals surface area contributed by atoms with Gasteiger partial charge in [0.15, 0.2) is 0 Å². The number of pyridine rings is 1. The molecule has 3 aromatic rings. The van der Waals surface area contributed by atoms with Gasteiger partial charge in [-0.15, -0.1) is 0 Å². The van der Waals surface area contributed by atoms with Crippen LogP contribution in [0.15, 0.2) is 47.5 Å². The number of alkyl halides is 3. The number of hydrogen-bond donors (Lipinski definition) is 3. The molecule has 10 heteroatoms. The van der Waals surface area contributed by atoms with E-state index < -0.39 is 30.2 Å². The normalized spacial score (nSPS) is 12.7. The fourth-order valence-corrected chi connectivity index (χ4v) is 3.01. The molecular weight excluding hydrogens is 348 g/mol. The summed E-state index contributed by atoms with van der Waals surface area (Å²) < 4.78 is 52.5. The summed E-state index contributed by atoms with van der Waals surface area (Å²) in [4.78, 5) is 32.2. The number of rotatable bonds is 2. The van der Waals surface area contributed by atoms with E-state index in [1.165, 1.54) is 29.1 Å². The van der Waals surface area contributed by atoms with Gasteiger partial charge in [-0.3, -0.25) is 9.36 Å². The average molecular weight is 358 g/mol. The molecule has 3 rings (SSSR count). The maximum Gasteiger partial charge on any atom is 0.418 e. The van der Waals surface area contributed by atoms with E-state index in [1.807, 2.05) is 0 Å². The number of hydrogen-bond acceptors (Lipinski definition) is 2. The molecule has 0 atom stereocenters. The fraction of sp³-hybridized carbons (Fsp3) is 0.0714. The Hall–Kier alpha value is -2.35. The number of nitrogens with zero attached hydrogens (tertiary/aromatic N) is 1. The third-order valence-electron chi connectivity index (χ3n) is 3.44. The highest BCUT2D eigenvalue weighted by Crippen LogP contribution is 2.37. The summed E-state index contributed by atoms with van der Waals surface area (Å²) in [5.41, 5.74) is -2.49. The molecule has 0 amide bonds. The molecule has 1 aromatic carbocycles. The van der Waals surface area contributed by atoms with E-state index in [-0.39, 0.29) is 16.6 Å². The molecule has 0 saturated carbocycles. The molecule has 24 heavy (non-hydrogen) atoms. The van der Waals surface area contributed by atoms with Crippen molar-refractivity contribution in [3.63, 3.8) is 0 Å². The molecule has 2 heterocycles. The van der Waals surface area contributed by atoms with Crippen LogP contribution in [0.25, 0.3) is 16.6 Å². The summed E-state index contributed by atoms with van der Waals surface area (Å²) in [6, 6.07) is 5.85. The maximum absolute atomic E-state index is 13.3. The second-order valence-corrected chi connectivity index (χ2v) is 6.64. The average Bonchev–Trinajstić information content (AvgIpc) is 2.97. The summed E-state index contributed by atoms with van der Waals surface area (Å²) in [5.74, 6) is 0. The van der Waals surface area contributed by atoms with E-state index in [0.717, 1.165) is 18.2 Å². The van der Waals surface area contributed by atoms with Crippen LogP contribution in [0.3, 0.4) is 0 Å². The highest BCUT2D eigenvalue weighted by molar-refractivity contribution is 7.60. The molecule has 126 valence electrons. The molecule has 0 aliphatic rings. The van der Waals surface area contributed by atoms with Gasteiger partial charge in [0.2, 0.25) is 0 Å². The smallest absolute Gasteiger partial charge is 0.323 e. The molecular formula is C14H10F3N2O4P. The molecule has 0 saturated heterocycles. The molecule has 0 aliphatic carbocycles. The van der Waals surface area contributed by atoms with Crippen LogP contribution in [0.2, 0.25) is 0 Å². The van der Waals surface area contributed by atoms with Crippen LogP contribution in [-0.2, 0) is 10.7 Å². The minimum atomic E-state index is -4.85. The summed E-state index contributed by atoms with van der Waals surface area (Å²) in [6.07, 6.45) is -1.86. The van der Waals surface area contributed by atoms with Gasteiger partial charge in [-0.1, -0.05) is 0 Å². The molecule has 6 nitrogen and oxygen atoms in total. The SMILES string of the molecule is O=c1[nH]c2cc(C(F)(F)F)c(-n3cccc3)cc2cc1P(=O)(O)O. The lowest BCUT2D eigenvalue weighted by atomic mass is 10.1. The van der Waals surface area contributed by atoms with Crippen molar-refractivity contribution in [2.75, 3.05) is 0 Å². The Morgan fingerprint density at radius 2 is 1.71 bits per heavy atom. The third kappa shape index (κ3) is 2.89. The molecule has 2 aromatic heterocycles. The van der Waals surface area contributed by atoms with Gasteiger partial charge >= 0.3 is 13.8 Å². The predicted molar refractivity (Wildman–Crippen MR) is 80.6 cm³/mol. The largest absolute Gasteiger partial charge is 0.418 e. The Morgan fingerprint density at radius 1 is 1.08 bits per heavy atom. The van der Waals surface area contributed by atoms with Crippen LogP contribution in [0.5, 0.6) is 0 Å². The molecule has 0 radical (unpaired) electrons. The highest BCUT2D eigenvalue weighted by atomic mass is 31.2. The lowest BCUT2D eigenvalue weighted by molar-refractivity contribution is -0.137. The first-order valence-corrected chi connectivity index (χ1v) is 8.16. The van der Waals surface area contributed by atoms with Gasteiger partial charge in [0, 0.05) is 23.3 Å². The van der Waals surface area contributed by atoms with Crippen molar-refractivity contribution in [3.8, 4) is 5.69 Å². The standard InChI is InChI=1S/C14H10F3N2O4P/c15-14(16,17)9-7-10-8(5-11(9)19-3-1-2-4-19)6-12(13(20)18-10)24(21,22)23/h1-7H,(H,18,20)(H2,21,22,23). The predicted octanol–water partition coefficient (Wildman–Crippen LogP) is 2.14. The van der Waals surface area contributed by atoms with Crippen molar-refractivity contribution >= 4 is 23.8 Å². The number of aromatic amines is 1. The first-order chi connectivity index (χ1) is 11.1. The molecule has 0 spiro atoms. The van der Waals surface area contributed by atoms with Gasteiger partial charge in [0.25, 0.3) is 5.56 Å². The second-order valence-electron chi connectivity index (χ2n) is 5.07. The number of H-pyrrole nitrogens is 1.